The highest BCUT2D eigenvalue weighted by Crippen LogP contribution is 2.02. The molecule has 0 saturated heterocycles. The van der Waals surface area contributed by atoms with Crippen LogP contribution in [0.4, 0.5) is 0 Å². The van der Waals surface area contributed by atoms with E-state index in [1.165, 1.54) is 6.07 Å². The van der Waals surface area contributed by atoms with E-state index < -0.39 is 5.78 Å². The van der Waals surface area contributed by atoms with Gasteiger partial charge in [-0.05, 0) is 4.37 Å². The average molecular weight is 158 g/mol. The number of nitriles is 1. The van der Waals surface area contributed by atoms with E-state index in [-0.39, 0.29) is 5.01 Å². The highest BCUT2D eigenvalue weighted by atomic mass is 32.2. The predicted octanol–water partition coefficient (Wildman–Crippen LogP) is 0.587. The number of Topliss-reactive ketones (excluding diaryl/α,β-unsaturated/α-hetero) is 1. The average Bonchev–Trinajstić information content (AvgIpc) is 2.37. The molecule has 0 aromatic carbocycles. The Labute approximate surface area is 58.9 Å². The van der Waals surface area contributed by atoms with Crippen molar-refractivity contribution in [1.82, 2.24) is 8.14 Å². The Morgan fingerprint density at radius 1 is 1.89 bits per heavy atom. The zero-order valence-electron chi connectivity index (χ0n) is 4.07. The number of hydrogen-bond donors (Lipinski definition) is 0. The van der Waals surface area contributed by atoms with Gasteiger partial charge in [-0.25, -0.2) is 0 Å². The highest BCUT2D eigenvalue weighted by molar-refractivity contribution is 7.18. The van der Waals surface area contributed by atoms with Crippen molar-refractivity contribution in [3.05, 3.63) is 5.01 Å². The second-order valence-corrected chi connectivity index (χ2v) is 2.60. The first-order valence-electron chi connectivity index (χ1n) is 1.90. The smallest absolute Gasteiger partial charge is 0.272 e. The molecule has 44 valence electrons. The fourth-order valence-electron chi connectivity index (χ4n) is 0.253. The maximum atomic E-state index is 10.4. The first-order valence-corrected chi connectivity index (χ1v) is 3.41. The van der Waals surface area contributed by atoms with Crippen LogP contribution in [0.5, 0.6) is 0 Å². The van der Waals surface area contributed by atoms with Gasteiger partial charge in [0.25, 0.3) is 0 Å². The fourth-order valence-corrected chi connectivity index (χ4v) is 1.32. The highest BCUT2D eigenvalue weighted by Gasteiger charge is 2.17. The summed E-state index contributed by atoms with van der Waals surface area (Å²) in [6.07, 6.45) is 0. The SMILES string of the molecule is N#CC(=O)c1nsn[s+]1. The second-order valence-electron chi connectivity index (χ2n) is 1.08. The van der Waals surface area contributed by atoms with E-state index in [2.05, 4.69) is 8.14 Å². The molecule has 1 aromatic heterocycles. The Balaban J connectivity index is 2.93. The molecule has 0 bridgehead atoms. The molecule has 0 radical (unpaired) electrons. The van der Waals surface area contributed by atoms with E-state index in [4.69, 9.17) is 5.26 Å². The van der Waals surface area contributed by atoms with Gasteiger partial charge in [-0.2, -0.15) is 5.26 Å². The molecule has 0 fully saturated rings. The second kappa shape index (κ2) is 2.57. The summed E-state index contributed by atoms with van der Waals surface area (Å²) < 4.78 is 7.16. The lowest BCUT2D eigenvalue weighted by Crippen LogP contribution is -1.90. The summed E-state index contributed by atoms with van der Waals surface area (Å²) >= 11 is 1.87. The molecule has 1 rings (SSSR count). The quantitative estimate of drug-likeness (QED) is 0.341. The normalized spacial score (nSPS) is 8.33. The van der Waals surface area contributed by atoms with Gasteiger partial charge < -0.3 is 0 Å². The number of nitrogens with zero attached hydrogens (tertiary/aromatic N) is 3. The summed E-state index contributed by atoms with van der Waals surface area (Å²) in [5.74, 6) is -0.617. The zero-order valence-corrected chi connectivity index (χ0v) is 5.70. The summed E-state index contributed by atoms with van der Waals surface area (Å²) in [5, 5.41) is 8.22. The van der Waals surface area contributed by atoms with E-state index in [1.807, 2.05) is 0 Å². The van der Waals surface area contributed by atoms with E-state index >= 15 is 0 Å². The number of carbonyl (C=O) groups excluding carboxylic acids is 1. The van der Waals surface area contributed by atoms with Crippen molar-refractivity contribution in [1.29, 1.82) is 5.26 Å². The molecule has 0 unspecified atom stereocenters. The van der Waals surface area contributed by atoms with Crippen molar-refractivity contribution in [3.63, 3.8) is 0 Å². The Morgan fingerprint density at radius 2 is 2.67 bits per heavy atom. The van der Waals surface area contributed by atoms with Crippen molar-refractivity contribution in [2.45, 2.75) is 0 Å². The van der Waals surface area contributed by atoms with E-state index in [1.54, 1.807) is 0 Å². The molecule has 9 heavy (non-hydrogen) atoms. The Bertz CT molecular complexity index is 249. The minimum Gasteiger partial charge on any atom is -0.272 e. The molecule has 0 atom stereocenters. The Morgan fingerprint density at radius 3 is 3.11 bits per heavy atom. The largest absolute Gasteiger partial charge is 0.337 e. The third kappa shape index (κ3) is 1.25. The third-order valence-corrected chi connectivity index (χ3v) is 1.97. The monoisotopic (exact) mass is 158 g/mol. The van der Waals surface area contributed by atoms with Gasteiger partial charge in [-0.3, -0.25) is 4.79 Å². The number of hydrogen-bond acceptors (Lipinski definition) is 5. The van der Waals surface area contributed by atoms with Crippen LogP contribution in [-0.2, 0) is 0 Å². The van der Waals surface area contributed by atoms with Crippen molar-refractivity contribution >= 4 is 29.0 Å². The molecule has 0 aliphatic carbocycles. The van der Waals surface area contributed by atoms with Crippen LogP contribution >= 0.6 is 23.3 Å². The molecule has 1 aromatic rings. The summed E-state index contributed by atoms with van der Waals surface area (Å²) in [6, 6.07) is 1.44. The summed E-state index contributed by atoms with van der Waals surface area (Å²) in [7, 11) is 0. The molecule has 0 spiro atoms. The van der Waals surface area contributed by atoms with Crippen LogP contribution < -0.4 is 0 Å². The molecule has 6 heteroatoms. The molecular formula is C3N3OS2+. The van der Waals surface area contributed by atoms with Crippen LogP contribution in [0.15, 0.2) is 0 Å². The minimum absolute atomic E-state index is 0.169. The van der Waals surface area contributed by atoms with Crippen LogP contribution in [0.25, 0.3) is 0 Å². The van der Waals surface area contributed by atoms with E-state index in [9.17, 15) is 4.79 Å². The van der Waals surface area contributed by atoms with Gasteiger partial charge in [0.15, 0.2) is 0 Å². The van der Waals surface area contributed by atoms with E-state index in [0.717, 1.165) is 23.3 Å². The molecule has 0 saturated carbocycles. The van der Waals surface area contributed by atoms with Crippen LogP contribution in [0.2, 0.25) is 0 Å². The molecular weight excluding hydrogens is 158 g/mol. The van der Waals surface area contributed by atoms with Gasteiger partial charge in [0.2, 0.25) is 11.5 Å². The first-order chi connectivity index (χ1) is 4.34. The van der Waals surface area contributed by atoms with Crippen molar-refractivity contribution < 1.29 is 4.79 Å². The maximum Gasteiger partial charge on any atom is 0.337 e. The van der Waals surface area contributed by atoms with Crippen LogP contribution in [0.3, 0.4) is 0 Å². The summed E-state index contributed by atoms with van der Waals surface area (Å²) in [5.41, 5.74) is 0. The Hall–Kier alpha value is -0.930. The van der Waals surface area contributed by atoms with Crippen molar-refractivity contribution in [2.75, 3.05) is 0 Å². The lowest BCUT2D eigenvalue weighted by molar-refractivity contribution is 0.105. The van der Waals surface area contributed by atoms with Gasteiger partial charge in [0, 0.05) is 0 Å². The van der Waals surface area contributed by atoms with Crippen molar-refractivity contribution in [2.24, 2.45) is 0 Å². The maximum absolute atomic E-state index is 10.4. The lowest BCUT2D eigenvalue weighted by Gasteiger charge is -1.63. The molecule has 1 heterocycles. The standard InChI is InChI=1S/C3N3OS2/c4-1-2(7)3-5-9-6-8-3/q+1. The molecule has 0 amide bonds. The van der Waals surface area contributed by atoms with Crippen LogP contribution in [0.1, 0.15) is 9.80 Å². The topological polar surface area (TPSA) is 66.6 Å². The van der Waals surface area contributed by atoms with Crippen LogP contribution in [-0.4, -0.2) is 13.9 Å². The molecule has 4 nitrogen and oxygen atoms in total. The molecule has 0 aliphatic heterocycles. The van der Waals surface area contributed by atoms with Gasteiger partial charge in [0.1, 0.15) is 9.83 Å². The number of carbonyl (C=O) groups is 1. The predicted molar refractivity (Wildman–Crippen MR) is 32.1 cm³/mol. The Kier molecular flexibility index (Phi) is 1.77. The van der Waals surface area contributed by atoms with Gasteiger partial charge in [-0.15, -0.1) is 0 Å². The zero-order chi connectivity index (χ0) is 6.69. The number of rotatable bonds is 1. The van der Waals surface area contributed by atoms with Gasteiger partial charge in [-0.1, -0.05) is 0 Å². The number of aromatic nitrogens is 2. The van der Waals surface area contributed by atoms with Crippen molar-refractivity contribution in [3.8, 4) is 6.07 Å². The summed E-state index contributed by atoms with van der Waals surface area (Å²) in [6.45, 7) is 0. The lowest BCUT2D eigenvalue weighted by atomic mass is 10.5. The van der Waals surface area contributed by atoms with Gasteiger partial charge in [0.05, 0.1) is 0 Å². The van der Waals surface area contributed by atoms with E-state index in [0.29, 0.717) is 0 Å². The summed E-state index contributed by atoms with van der Waals surface area (Å²) in [4.78, 5) is 10.4. The first kappa shape index (κ1) is 6.19. The molecule has 0 aliphatic rings. The van der Waals surface area contributed by atoms with Gasteiger partial charge >= 0.3 is 22.5 Å². The van der Waals surface area contributed by atoms with Crippen LogP contribution in [0, 0.1) is 11.3 Å². The minimum atomic E-state index is -0.617. The molecule has 0 N–H and O–H groups in total. The third-order valence-electron chi connectivity index (χ3n) is 0.577. The fraction of sp³-hybridized carbons (Fsp3) is 0. The number of ketones is 1.